The van der Waals surface area contributed by atoms with E-state index in [1.807, 2.05) is 34.9 Å². The van der Waals surface area contributed by atoms with Crippen molar-refractivity contribution in [3.63, 3.8) is 0 Å². The highest BCUT2D eigenvalue weighted by molar-refractivity contribution is 5.79. The van der Waals surface area contributed by atoms with Gasteiger partial charge in [0.15, 0.2) is 5.96 Å². The Morgan fingerprint density at radius 3 is 2.26 bits per heavy atom. The van der Waals surface area contributed by atoms with Crippen LogP contribution < -0.4 is 16.0 Å². The number of rotatable bonds is 7. The van der Waals surface area contributed by atoms with E-state index in [1.54, 1.807) is 19.2 Å². The van der Waals surface area contributed by atoms with Gasteiger partial charge in [0.2, 0.25) is 0 Å². The molecule has 7 nitrogen and oxygen atoms in total. The molecule has 3 N–H and O–H groups in total. The van der Waals surface area contributed by atoms with E-state index >= 15 is 0 Å². The number of alkyl carbamates (subject to hydrolysis) is 1. The number of carbonyl (C=O) groups excluding carboxylic acids is 1. The van der Waals surface area contributed by atoms with Gasteiger partial charge < -0.3 is 25.6 Å². The smallest absolute Gasteiger partial charge is 0.407 e. The van der Waals surface area contributed by atoms with Crippen LogP contribution in [0.2, 0.25) is 0 Å². The summed E-state index contributed by atoms with van der Waals surface area (Å²) in [4.78, 5) is 17.8. The standard InChI is InChI=1S/C19H32FN5O2/c1-19(2,3)27-18(26)23-12-11-22-17(21-4)24-13-16(25(5)6)14-7-9-15(20)10-8-14/h7-10,16H,11-13H2,1-6H3,(H,23,26)(H2,21,22,24). The van der Waals surface area contributed by atoms with Gasteiger partial charge in [-0.15, -0.1) is 0 Å². The fraction of sp³-hybridized carbons (Fsp3) is 0.579. The number of benzene rings is 1. The summed E-state index contributed by atoms with van der Waals surface area (Å²) in [5.74, 6) is 0.370. The van der Waals surface area contributed by atoms with Gasteiger partial charge in [-0.05, 0) is 52.6 Å². The van der Waals surface area contributed by atoms with Crippen LogP contribution in [0.25, 0.3) is 0 Å². The van der Waals surface area contributed by atoms with Gasteiger partial charge in [-0.3, -0.25) is 4.99 Å². The fourth-order valence-corrected chi connectivity index (χ4v) is 2.36. The third kappa shape index (κ3) is 9.23. The zero-order valence-corrected chi connectivity index (χ0v) is 17.1. The average Bonchev–Trinajstić information content (AvgIpc) is 2.56. The highest BCUT2D eigenvalue weighted by atomic mass is 19.1. The van der Waals surface area contributed by atoms with Crippen molar-refractivity contribution in [3.05, 3.63) is 35.6 Å². The van der Waals surface area contributed by atoms with Crippen molar-refractivity contribution < 1.29 is 13.9 Å². The second-order valence-corrected chi connectivity index (χ2v) is 7.34. The summed E-state index contributed by atoms with van der Waals surface area (Å²) < 4.78 is 18.3. The quantitative estimate of drug-likeness (QED) is 0.383. The zero-order chi connectivity index (χ0) is 20.4. The van der Waals surface area contributed by atoms with Crippen LogP contribution in [0, 0.1) is 5.82 Å². The van der Waals surface area contributed by atoms with Gasteiger partial charge in [-0.25, -0.2) is 9.18 Å². The molecule has 0 saturated heterocycles. The second kappa shape index (κ2) is 10.7. The van der Waals surface area contributed by atoms with E-state index in [2.05, 4.69) is 25.8 Å². The third-order valence-electron chi connectivity index (χ3n) is 3.65. The van der Waals surface area contributed by atoms with Crippen molar-refractivity contribution in [1.29, 1.82) is 0 Å². The van der Waals surface area contributed by atoms with Gasteiger partial charge in [-0.1, -0.05) is 12.1 Å². The van der Waals surface area contributed by atoms with Crippen LogP contribution in [0.4, 0.5) is 9.18 Å². The topological polar surface area (TPSA) is 78.0 Å². The minimum Gasteiger partial charge on any atom is -0.444 e. The molecule has 1 rings (SSSR count). The summed E-state index contributed by atoms with van der Waals surface area (Å²) in [7, 11) is 5.62. The normalized spacial score (nSPS) is 13.3. The molecular weight excluding hydrogens is 349 g/mol. The molecule has 0 aromatic heterocycles. The highest BCUT2D eigenvalue weighted by Gasteiger charge is 2.16. The van der Waals surface area contributed by atoms with Gasteiger partial charge in [-0.2, -0.15) is 0 Å². The molecule has 0 heterocycles. The Labute approximate surface area is 161 Å². The first-order chi connectivity index (χ1) is 12.6. The predicted molar refractivity (Wildman–Crippen MR) is 106 cm³/mol. The molecule has 0 saturated carbocycles. The number of amides is 1. The molecule has 27 heavy (non-hydrogen) atoms. The Kier molecular flexibility index (Phi) is 9.00. The van der Waals surface area contributed by atoms with Crippen molar-refractivity contribution >= 4 is 12.1 Å². The van der Waals surface area contributed by atoms with Crippen molar-refractivity contribution in [2.75, 3.05) is 40.8 Å². The molecule has 1 unspecified atom stereocenters. The number of guanidine groups is 1. The number of likely N-dealkylation sites (N-methyl/N-ethyl adjacent to an activating group) is 1. The van der Waals surface area contributed by atoms with Crippen molar-refractivity contribution in [2.24, 2.45) is 4.99 Å². The number of halogens is 1. The van der Waals surface area contributed by atoms with E-state index in [9.17, 15) is 9.18 Å². The Hall–Kier alpha value is -2.35. The SMILES string of the molecule is CN=C(NCCNC(=O)OC(C)(C)C)NCC(c1ccc(F)cc1)N(C)C. The first kappa shape index (κ1) is 22.7. The molecule has 0 aliphatic heterocycles. The highest BCUT2D eigenvalue weighted by Crippen LogP contribution is 2.17. The van der Waals surface area contributed by atoms with Gasteiger partial charge in [0.1, 0.15) is 11.4 Å². The van der Waals surface area contributed by atoms with E-state index in [-0.39, 0.29) is 11.9 Å². The second-order valence-electron chi connectivity index (χ2n) is 7.34. The van der Waals surface area contributed by atoms with E-state index in [4.69, 9.17) is 4.74 Å². The Balaban J connectivity index is 2.44. The summed E-state index contributed by atoms with van der Waals surface area (Å²) >= 11 is 0. The van der Waals surface area contributed by atoms with Crippen LogP contribution in [0.1, 0.15) is 32.4 Å². The molecule has 1 amide bonds. The maximum absolute atomic E-state index is 13.1. The molecule has 0 spiro atoms. The summed E-state index contributed by atoms with van der Waals surface area (Å²) in [5.41, 5.74) is 0.493. The van der Waals surface area contributed by atoms with Crippen LogP contribution >= 0.6 is 0 Å². The largest absolute Gasteiger partial charge is 0.444 e. The lowest BCUT2D eigenvalue weighted by Gasteiger charge is -2.26. The molecule has 8 heteroatoms. The monoisotopic (exact) mass is 381 g/mol. The summed E-state index contributed by atoms with van der Waals surface area (Å²) in [6.45, 7) is 6.96. The van der Waals surface area contributed by atoms with Crippen LogP contribution in [0.15, 0.2) is 29.3 Å². The van der Waals surface area contributed by atoms with Crippen LogP contribution in [-0.2, 0) is 4.74 Å². The lowest BCUT2D eigenvalue weighted by Crippen LogP contribution is -2.44. The molecule has 0 aliphatic rings. The first-order valence-electron chi connectivity index (χ1n) is 8.95. The molecule has 0 fully saturated rings. The molecular formula is C19H32FN5O2. The van der Waals surface area contributed by atoms with Gasteiger partial charge >= 0.3 is 6.09 Å². The summed E-state index contributed by atoms with van der Waals surface area (Å²) in [5, 5.41) is 9.07. The Bertz CT molecular complexity index is 612. The molecule has 152 valence electrons. The maximum atomic E-state index is 13.1. The molecule has 0 bridgehead atoms. The third-order valence-corrected chi connectivity index (χ3v) is 3.65. The summed E-state index contributed by atoms with van der Waals surface area (Å²) in [6, 6.07) is 6.54. The predicted octanol–water partition coefficient (Wildman–Crippen LogP) is 2.12. The van der Waals surface area contributed by atoms with Crippen LogP contribution in [-0.4, -0.2) is 63.3 Å². The minimum atomic E-state index is -0.517. The fourth-order valence-electron chi connectivity index (χ4n) is 2.36. The molecule has 1 atom stereocenters. The molecule has 1 aromatic rings. The van der Waals surface area contributed by atoms with Crippen LogP contribution in [0.5, 0.6) is 0 Å². The van der Waals surface area contributed by atoms with Gasteiger partial charge in [0, 0.05) is 26.7 Å². The maximum Gasteiger partial charge on any atom is 0.407 e. The molecule has 0 radical (unpaired) electrons. The first-order valence-corrected chi connectivity index (χ1v) is 8.95. The lowest BCUT2D eigenvalue weighted by atomic mass is 10.1. The Morgan fingerprint density at radius 1 is 1.15 bits per heavy atom. The number of ether oxygens (including phenoxy) is 1. The zero-order valence-electron chi connectivity index (χ0n) is 17.1. The van der Waals surface area contributed by atoms with E-state index in [0.717, 1.165) is 5.56 Å². The number of hydrogen-bond donors (Lipinski definition) is 3. The summed E-state index contributed by atoms with van der Waals surface area (Å²) in [6.07, 6.45) is -0.448. The van der Waals surface area contributed by atoms with Gasteiger partial charge in [0.05, 0.1) is 6.04 Å². The van der Waals surface area contributed by atoms with Crippen molar-refractivity contribution in [1.82, 2.24) is 20.9 Å². The minimum absolute atomic E-state index is 0.0593. The van der Waals surface area contributed by atoms with Crippen LogP contribution in [0.3, 0.4) is 0 Å². The number of nitrogens with zero attached hydrogens (tertiary/aromatic N) is 2. The number of hydrogen-bond acceptors (Lipinski definition) is 4. The Morgan fingerprint density at radius 2 is 1.74 bits per heavy atom. The van der Waals surface area contributed by atoms with E-state index < -0.39 is 11.7 Å². The number of carbonyl (C=O) groups is 1. The number of aliphatic imine (C=N–C) groups is 1. The van der Waals surface area contributed by atoms with E-state index in [0.29, 0.717) is 25.6 Å². The molecule has 1 aromatic carbocycles. The van der Waals surface area contributed by atoms with Gasteiger partial charge in [0.25, 0.3) is 0 Å². The molecule has 0 aliphatic carbocycles. The van der Waals surface area contributed by atoms with E-state index in [1.165, 1.54) is 12.1 Å². The van der Waals surface area contributed by atoms with Crippen molar-refractivity contribution in [3.8, 4) is 0 Å². The van der Waals surface area contributed by atoms with Crippen molar-refractivity contribution in [2.45, 2.75) is 32.4 Å². The average molecular weight is 381 g/mol. The number of nitrogens with one attached hydrogen (secondary N) is 3. The lowest BCUT2D eigenvalue weighted by molar-refractivity contribution is 0.0529.